The second-order valence-corrected chi connectivity index (χ2v) is 11.1. The number of pyridine rings is 1. The summed E-state index contributed by atoms with van der Waals surface area (Å²) in [5.74, 6) is 0.396. The van der Waals surface area contributed by atoms with Crippen LogP contribution in [0.3, 0.4) is 0 Å². The van der Waals surface area contributed by atoms with Crippen molar-refractivity contribution in [2.75, 3.05) is 19.0 Å². The number of nitrogens with two attached hydrogens (primary N) is 1. The van der Waals surface area contributed by atoms with Gasteiger partial charge in [-0.3, -0.25) is 9.98 Å². The van der Waals surface area contributed by atoms with Crippen molar-refractivity contribution in [1.82, 2.24) is 34.9 Å². The minimum atomic E-state index is -0.397. The largest absolute Gasteiger partial charge is 0.453 e. The van der Waals surface area contributed by atoms with Crippen molar-refractivity contribution < 1.29 is 9.53 Å². The van der Waals surface area contributed by atoms with Gasteiger partial charge in [-0.15, -0.1) is 5.10 Å². The van der Waals surface area contributed by atoms with Crippen molar-refractivity contribution in [1.29, 1.82) is 0 Å². The van der Waals surface area contributed by atoms with E-state index in [9.17, 15) is 4.79 Å². The number of hydrogen-bond acceptors (Lipinski definition) is 9. The van der Waals surface area contributed by atoms with Crippen LogP contribution >= 0.6 is 0 Å². The van der Waals surface area contributed by atoms with E-state index in [0.29, 0.717) is 25.0 Å². The van der Waals surface area contributed by atoms with Crippen LogP contribution in [0, 0.1) is 5.92 Å². The predicted octanol–water partition coefficient (Wildman–Crippen LogP) is 3.84. The lowest BCUT2D eigenvalue weighted by Gasteiger charge is -2.36. The van der Waals surface area contributed by atoms with Crippen molar-refractivity contribution in [2.45, 2.75) is 63.2 Å². The first kappa shape index (κ1) is 26.9. The molecule has 0 saturated heterocycles. The van der Waals surface area contributed by atoms with Crippen molar-refractivity contribution in [3.63, 3.8) is 0 Å². The number of alkyl carbamates (subject to hydrolysis) is 1. The quantitative estimate of drug-likeness (QED) is 0.263. The van der Waals surface area contributed by atoms with Crippen molar-refractivity contribution in [2.24, 2.45) is 16.6 Å². The lowest BCUT2D eigenvalue weighted by Crippen LogP contribution is -2.42. The van der Waals surface area contributed by atoms with E-state index in [1.54, 1.807) is 0 Å². The third-order valence-corrected chi connectivity index (χ3v) is 8.24. The molecule has 2 saturated carbocycles. The summed E-state index contributed by atoms with van der Waals surface area (Å²) in [5, 5.41) is 20.2. The number of ether oxygens (including phenoxy) is 1. The number of nitrogens with one attached hydrogen (secondary N) is 2. The van der Waals surface area contributed by atoms with Crippen LogP contribution in [0.2, 0.25) is 0 Å². The Hall–Kier alpha value is -4.32. The van der Waals surface area contributed by atoms with E-state index in [1.807, 2.05) is 39.9 Å². The number of aliphatic imine (C=N–C) groups is 1. The zero-order valence-corrected chi connectivity index (χ0v) is 23.2. The van der Waals surface area contributed by atoms with E-state index in [2.05, 4.69) is 49.9 Å². The number of carbonyl (C=O) groups is 1. The maximum absolute atomic E-state index is 11.5. The monoisotopic (exact) mass is 556 g/mol. The molecule has 0 atom stereocenters. The number of aromatic nitrogens is 6. The van der Waals surface area contributed by atoms with Crippen LogP contribution in [0.5, 0.6) is 0 Å². The predicted molar refractivity (Wildman–Crippen MR) is 157 cm³/mol. The van der Waals surface area contributed by atoms with Gasteiger partial charge in [0.1, 0.15) is 5.69 Å². The van der Waals surface area contributed by atoms with Gasteiger partial charge in [0.2, 0.25) is 0 Å². The lowest BCUT2D eigenvalue weighted by molar-refractivity contribution is 0.164. The molecule has 4 aromatic rings. The standard InChI is InChI=1S/C29H36N10O2/c1-31-13-19-11-23-7-8-28(39(23)34-15-19)26-12-25(35-21-9-18(10-21)14-33-29(40)41-2)24(16-32-26)27-17-38(37-36-27)22-5-3-20(30)4-6-22/h7-8,11-12,15-18,20-22H,1,3-6,9-10,13-14,30H2,2H3,(H,32,35)(H,33,40). The highest BCUT2D eigenvalue weighted by atomic mass is 16.5. The van der Waals surface area contributed by atoms with E-state index in [0.717, 1.165) is 77.9 Å². The minimum Gasteiger partial charge on any atom is -0.453 e. The molecule has 0 spiro atoms. The molecule has 41 heavy (non-hydrogen) atoms. The number of methoxy groups -OCH3 is 1. The van der Waals surface area contributed by atoms with Gasteiger partial charge in [0.05, 0.1) is 49.0 Å². The van der Waals surface area contributed by atoms with E-state index in [1.165, 1.54) is 7.11 Å². The highest BCUT2D eigenvalue weighted by Gasteiger charge is 2.30. The fourth-order valence-corrected chi connectivity index (χ4v) is 5.85. The molecule has 2 aliphatic rings. The molecule has 0 aliphatic heterocycles. The Labute approximate surface area is 238 Å². The molecule has 12 nitrogen and oxygen atoms in total. The highest BCUT2D eigenvalue weighted by molar-refractivity contribution is 5.79. The summed E-state index contributed by atoms with van der Waals surface area (Å²) in [6.45, 7) is 4.71. The first-order chi connectivity index (χ1) is 20.0. The molecule has 0 aromatic carbocycles. The Morgan fingerprint density at radius 2 is 2.00 bits per heavy atom. The van der Waals surface area contributed by atoms with E-state index in [4.69, 9.17) is 15.5 Å². The second kappa shape index (κ2) is 11.7. The average molecular weight is 557 g/mol. The van der Waals surface area contributed by atoms with Gasteiger partial charge >= 0.3 is 6.09 Å². The molecular formula is C29H36N10O2. The van der Waals surface area contributed by atoms with Crippen LogP contribution in [0.1, 0.15) is 50.1 Å². The van der Waals surface area contributed by atoms with Gasteiger partial charge in [-0.25, -0.2) is 14.0 Å². The fraction of sp³-hybridized carbons (Fsp3) is 0.448. The van der Waals surface area contributed by atoms with Gasteiger partial charge < -0.3 is 21.1 Å². The van der Waals surface area contributed by atoms with Crippen LogP contribution in [-0.2, 0) is 11.3 Å². The zero-order valence-electron chi connectivity index (χ0n) is 23.2. The normalized spacial score (nSPS) is 22.2. The fourth-order valence-electron chi connectivity index (χ4n) is 5.85. The average Bonchev–Trinajstić information content (AvgIpc) is 3.62. The molecule has 12 heteroatoms. The Bertz CT molecular complexity index is 1530. The van der Waals surface area contributed by atoms with Gasteiger partial charge in [-0.2, -0.15) is 5.10 Å². The summed E-state index contributed by atoms with van der Waals surface area (Å²) in [5.41, 5.74) is 12.4. The van der Waals surface area contributed by atoms with Crippen LogP contribution in [0.25, 0.3) is 28.2 Å². The summed E-state index contributed by atoms with van der Waals surface area (Å²) in [4.78, 5) is 20.3. The molecule has 214 valence electrons. The summed E-state index contributed by atoms with van der Waals surface area (Å²) in [6.07, 6.45) is 11.2. The molecule has 4 N–H and O–H groups in total. The number of hydrogen-bond donors (Lipinski definition) is 3. The number of amides is 1. The molecular weight excluding hydrogens is 520 g/mol. The van der Waals surface area contributed by atoms with Crippen molar-refractivity contribution >= 4 is 24.0 Å². The maximum atomic E-state index is 11.5. The Kier molecular flexibility index (Phi) is 7.64. The Morgan fingerprint density at radius 3 is 2.78 bits per heavy atom. The Balaban J connectivity index is 1.27. The number of carbonyl (C=O) groups excluding carboxylic acids is 1. The zero-order chi connectivity index (χ0) is 28.3. The molecule has 0 bridgehead atoms. The number of nitrogens with zero attached hydrogens (tertiary/aromatic N) is 7. The molecule has 1 amide bonds. The molecule has 4 aromatic heterocycles. The molecule has 0 unspecified atom stereocenters. The van der Waals surface area contributed by atoms with Crippen LogP contribution in [-0.4, -0.2) is 68.1 Å². The molecule has 2 aliphatic carbocycles. The van der Waals surface area contributed by atoms with Gasteiger partial charge in [0.15, 0.2) is 0 Å². The minimum absolute atomic E-state index is 0.263. The molecule has 0 radical (unpaired) electrons. The highest BCUT2D eigenvalue weighted by Crippen LogP contribution is 2.36. The SMILES string of the molecule is C=NCc1cnn2c(-c3cc(NC4CC(CNC(=O)OC)C4)c(-c4cn(C5CCC(N)CC5)nn4)cn3)ccc2c1. The summed E-state index contributed by atoms with van der Waals surface area (Å²) >= 11 is 0. The molecule has 4 heterocycles. The van der Waals surface area contributed by atoms with Crippen molar-refractivity contribution in [3.8, 4) is 22.6 Å². The number of anilines is 1. The van der Waals surface area contributed by atoms with Crippen molar-refractivity contribution in [3.05, 3.63) is 48.4 Å². The van der Waals surface area contributed by atoms with Gasteiger partial charge in [-0.05, 0) is 81.0 Å². The van der Waals surface area contributed by atoms with Gasteiger partial charge in [-0.1, -0.05) is 5.21 Å². The smallest absolute Gasteiger partial charge is 0.406 e. The maximum Gasteiger partial charge on any atom is 0.406 e. The summed E-state index contributed by atoms with van der Waals surface area (Å²) < 4.78 is 8.57. The third-order valence-electron chi connectivity index (χ3n) is 8.24. The number of fused-ring (bicyclic) bond motifs is 1. The third kappa shape index (κ3) is 5.78. The van der Waals surface area contributed by atoms with E-state index < -0.39 is 6.09 Å². The first-order valence-corrected chi connectivity index (χ1v) is 14.2. The van der Waals surface area contributed by atoms with Gasteiger partial charge in [0, 0.05) is 36.1 Å². The second-order valence-electron chi connectivity index (χ2n) is 11.1. The summed E-state index contributed by atoms with van der Waals surface area (Å²) in [7, 11) is 1.38. The van der Waals surface area contributed by atoms with E-state index >= 15 is 0 Å². The van der Waals surface area contributed by atoms with Crippen LogP contribution in [0.4, 0.5) is 10.5 Å². The summed E-state index contributed by atoms with van der Waals surface area (Å²) in [6, 6.07) is 9.04. The molecule has 6 rings (SSSR count). The topological polar surface area (TPSA) is 150 Å². The first-order valence-electron chi connectivity index (χ1n) is 14.2. The number of rotatable bonds is 9. The van der Waals surface area contributed by atoms with E-state index in [-0.39, 0.29) is 12.1 Å². The van der Waals surface area contributed by atoms with Crippen LogP contribution in [0.15, 0.2) is 47.8 Å². The van der Waals surface area contributed by atoms with Gasteiger partial charge in [0.25, 0.3) is 0 Å². The molecule has 2 fully saturated rings. The lowest BCUT2D eigenvalue weighted by atomic mass is 9.80. The Morgan fingerprint density at radius 1 is 1.17 bits per heavy atom. The van der Waals surface area contributed by atoms with Crippen LogP contribution < -0.4 is 16.4 Å².